The Labute approximate surface area is 93.9 Å². The van der Waals surface area contributed by atoms with Crippen molar-refractivity contribution >= 4 is 38.4 Å². The summed E-state index contributed by atoms with van der Waals surface area (Å²) in [7, 11) is 0. The van der Waals surface area contributed by atoms with E-state index < -0.39 is 5.97 Å². The highest BCUT2D eigenvalue weighted by molar-refractivity contribution is 9.10. The van der Waals surface area contributed by atoms with Gasteiger partial charge >= 0.3 is 5.97 Å². The fourth-order valence-electron chi connectivity index (χ4n) is 1.40. The molecule has 0 atom stereocenters. The van der Waals surface area contributed by atoms with E-state index in [1.807, 2.05) is 0 Å². The first kappa shape index (κ1) is 9.92. The molecule has 0 saturated heterocycles. The zero-order valence-electron chi connectivity index (χ0n) is 7.57. The molecule has 1 aromatic carbocycles. The number of fused-ring (bicyclic) bond motifs is 1. The van der Waals surface area contributed by atoms with Crippen molar-refractivity contribution in [3.05, 3.63) is 34.6 Å². The summed E-state index contributed by atoms with van der Waals surface area (Å²) >= 11 is 3.30. The second-order valence-electron chi connectivity index (χ2n) is 3.06. The van der Waals surface area contributed by atoms with E-state index >= 15 is 0 Å². The molecule has 0 fully saturated rings. The largest absolute Gasteiger partial charge is 0.476 e. The van der Waals surface area contributed by atoms with Gasteiger partial charge in [0.2, 0.25) is 0 Å². The van der Waals surface area contributed by atoms with Gasteiger partial charge in [-0.3, -0.25) is 0 Å². The van der Waals surface area contributed by atoms with Gasteiger partial charge in [-0.25, -0.2) is 9.78 Å². The molecule has 4 nitrogen and oxygen atoms in total. The Hall–Kier alpha value is -1.62. The molecule has 3 N–H and O–H groups in total. The smallest absolute Gasteiger partial charge is 0.355 e. The average molecular weight is 267 g/mol. The second-order valence-corrected chi connectivity index (χ2v) is 3.92. The summed E-state index contributed by atoms with van der Waals surface area (Å²) in [5.41, 5.74) is 6.25. The molecular formula is C10H7BrN2O2. The molecule has 1 heterocycles. The second kappa shape index (κ2) is 3.51. The highest BCUT2D eigenvalue weighted by atomic mass is 79.9. The summed E-state index contributed by atoms with van der Waals surface area (Å²) in [4.78, 5) is 14.8. The number of benzene rings is 1. The van der Waals surface area contributed by atoms with E-state index in [1.165, 1.54) is 6.20 Å². The molecule has 0 aliphatic rings. The molecule has 1 aromatic heterocycles. The maximum Gasteiger partial charge on any atom is 0.355 e. The number of pyridine rings is 1. The van der Waals surface area contributed by atoms with Crippen molar-refractivity contribution in [2.75, 3.05) is 5.73 Å². The van der Waals surface area contributed by atoms with Crippen LogP contribution in [-0.4, -0.2) is 16.1 Å². The van der Waals surface area contributed by atoms with Crippen molar-refractivity contribution < 1.29 is 9.90 Å². The van der Waals surface area contributed by atoms with E-state index in [0.29, 0.717) is 11.1 Å². The number of hydrogen-bond acceptors (Lipinski definition) is 3. The molecule has 0 bridgehead atoms. The lowest BCUT2D eigenvalue weighted by atomic mass is 10.1. The first-order valence-corrected chi connectivity index (χ1v) is 4.96. The molecule has 0 radical (unpaired) electrons. The van der Waals surface area contributed by atoms with Crippen LogP contribution in [0.25, 0.3) is 10.8 Å². The molecule has 0 unspecified atom stereocenters. The number of aromatic nitrogens is 1. The van der Waals surface area contributed by atoms with Crippen LogP contribution in [-0.2, 0) is 0 Å². The van der Waals surface area contributed by atoms with Crippen molar-refractivity contribution in [3.63, 3.8) is 0 Å². The van der Waals surface area contributed by atoms with Gasteiger partial charge in [0.15, 0.2) is 5.69 Å². The minimum Gasteiger partial charge on any atom is -0.476 e. The maximum atomic E-state index is 10.9. The van der Waals surface area contributed by atoms with Crippen LogP contribution in [0.3, 0.4) is 0 Å². The van der Waals surface area contributed by atoms with Crippen LogP contribution in [0.15, 0.2) is 28.9 Å². The SMILES string of the molecule is Nc1ccc2c(C(=O)O)ncc(Br)c2c1. The number of carboxylic acid groups (broad SMARTS) is 1. The molecule has 2 rings (SSSR count). The molecule has 0 aliphatic carbocycles. The van der Waals surface area contributed by atoms with Crippen LogP contribution in [0.5, 0.6) is 0 Å². The topological polar surface area (TPSA) is 76.2 Å². The summed E-state index contributed by atoms with van der Waals surface area (Å²) in [6.45, 7) is 0. The van der Waals surface area contributed by atoms with Gasteiger partial charge in [0, 0.05) is 27.1 Å². The number of nitrogens with zero attached hydrogens (tertiary/aromatic N) is 1. The van der Waals surface area contributed by atoms with Gasteiger partial charge in [-0.1, -0.05) is 0 Å². The van der Waals surface area contributed by atoms with Crippen molar-refractivity contribution in [2.24, 2.45) is 0 Å². The van der Waals surface area contributed by atoms with Gasteiger partial charge in [-0.2, -0.15) is 0 Å². The van der Waals surface area contributed by atoms with E-state index in [4.69, 9.17) is 10.8 Å². The molecule has 0 spiro atoms. The Morgan fingerprint density at radius 1 is 1.40 bits per heavy atom. The number of carbonyl (C=O) groups is 1. The van der Waals surface area contributed by atoms with Gasteiger partial charge in [0.25, 0.3) is 0 Å². The number of aromatic carboxylic acids is 1. The van der Waals surface area contributed by atoms with E-state index in [0.717, 1.165) is 9.86 Å². The van der Waals surface area contributed by atoms with Crippen molar-refractivity contribution in [2.45, 2.75) is 0 Å². The van der Waals surface area contributed by atoms with E-state index in [-0.39, 0.29) is 5.69 Å². The minimum atomic E-state index is -1.04. The maximum absolute atomic E-state index is 10.9. The number of nitrogens with two attached hydrogens (primary N) is 1. The fraction of sp³-hybridized carbons (Fsp3) is 0. The quantitative estimate of drug-likeness (QED) is 0.777. The Morgan fingerprint density at radius 2 is 2.13 bits per heavy atom. The number of hydrogen-bond donors (Lipinski definition) is 2. The van der Waals surface area contributed by atoms with Crippen LogP contribution >= 0.6 is 15.9 Å². The lowest BCUT2D eigenvalue weighted by Crippen LogP contribution is -2.01. The molecule has 5 heteroatoms. The van der Waals surface area contributed by atoms with Gasteiger partial charge in [-0.15, -0.1) is 0 Å². The molecular weight excluding hydrogens is 260 g/mol. The number of rotatable bonds is 1. The van der Waals surface area contributed by atoms with Gasteiger partial charge in [0.05, 0.1) is 0 Å². The van der Waals surface area contributed by atoms with E-state index in [2.05, 4.69) is 20.9 Å². The van der Waals surface area contributed by atoms with Gasteiger partial charge in [0.1, 0.15) is 0 Å². The summed E-state index contributed by atoms with van der Waals surface area (Å²) < 4.78 is 0.731. The minimum absolute atomic E-state index is 0.0354. The normalized spacial score (nSPS) is 10.5. The Kier molecular flexibility index (Phi) is 2.32. The Morgan fingerprint density at radius 3 is 2.80 bits per heavy atom. The van der Waals surface area contributed by atoms with Crippen LogP contribution in [0, 0.1) is 0 Å². The monoisotopic (exact) mass is 266 g/mol. The van der Waals surface area contributed by atoms with Crippen LogP contribution in [0.1, 0.15) is 10.5 Å². The van der Waals surface area contributed by atoms with Crippen molar-refractivity contribution in [1.82, 2.24) is 4.98 Å². The third kappa shape index (κ3) is 1.66. The van der Waals surface area contributed by atoms with Crippen LogP contribution in [0.4, 0.5) is 5.69 Å². The third-order valence-corrected chi connectivity index (χ3v) is 2.70. The predicted molar refractivity (Wildman–Crippen MR) is 60.8 cm³/mol. The summed E-state index contributed by atoms with van der Waals surface area (Å²) in [6.07, 6.45) is 1.46. The van der Waals surface area contributed by atoms with E-state index in [9.17, 15) is 4.79 Å². The number of anilines is 1. The zero-order chi connectivity index (χ0) is 11.0. The Balaban J connectivity index is 2.88. The lowest BCUT2D eigenvalue weighted by Gasteiger charge is -2.04. The fourth-order valence-corrected chi connectivity index (χ4v) is 1.83. The summed E-state index contributed by atoms with van der Waals surface area (Å²) in [5, 5.41) is 10.3. The number of nitrogen functional groups attached to an aromatic ring is 1. The number of halogens is 1. The molecule has 0 aliphatic heterocycles. The highest BCUT2D eigenvalue weighted by Crippen LogP contribution is 2.27. The summed E-state index contributed by atoms with van der Waals surface area (Å²) in [6, 6.07) is 5.03. The first-order valence-electron chi connectivity index (χ1n) is 4.16. The Bertz CT molecular complexity index is 554. The zero-order valence-corrected chi connectivity index (χ0v) is 9.15. The van der Waals surface area contributed by atoms with Crippen molar-refractivity contribution in [1.29, 1.82) is 0 Å². The summed E-state index contributed by atoms with van der Waals surface area (Å²) in [5.74, 6) is -1.04. The predicted octanol–water partition coefficient (Wildman–Crippen LogP) is 2.28. The molecule has 76 valence electrons. The van der Waals surface area contributed by atoms with Gasteiger partial charge < -0.3 is 10.8 Å². The average Bonchev–Trinajstić information content (AvgIpc) is 2.19. The molecule has 0 saturated carbocycles. The third-order valence-electron chi connectivity index (χ3n) is 2.07. The standard InChI is InChI=1S/C10H7BrN2O2/c11-8-4-13-9(10(14)15)6-2-1-5(12)3-7(6)8/h1-4H,12H2,(H,14,15). The van der Waals surface area contributed by atoms with Crippen molar-refractivity contribution in [3.8, 4) is 0 Å². The highest BCUT2D eigenvalue weighted by Gasteiger charge is 2.11. The van der Waals surface area contributed by atoms with E-state index in [1.54, 1.807) is 18.2 Å². The number of carboxylic acids is 1. The molecule has 2 aromatic rings. The van der Waals surface area contributed by atoms with Crippen LogP contribution < -0.4 is 5.73 Å². The molecule has 15 heavy (non-hydrogen) atoms. The first-order chi connectivity index (χ1) is 7.09. The van der Waals surface area contributed by atoms with Gasteiger partial charge in [-0.05, 0) is 34.1 Å². The van der Waals surface area contributed by atoms with Crippen LogP contribution in [0.2, 0.25) is 0 Å². The lowest BCUT2D eigenvalue weighted by molar-refractivity contribution is 0.0693. The molecule has 0 amide bonds.